The van der Waals surface area contributed by atoms with Crippen LogP contribution in [0.1, 0.15) is 18.3 Å². The molecule has 2 aromatic heterocycles. The summed E-state index contributed by atoms with van der Waals surface area (Å²) in [5.41, 5.74) is 8.89. The van der Waals surface area contributed by atoms with E-state index in [9.17, 15) is 0 Å². The van der Waals surface area contributed by atoms with Crippen molar-refractivity contribution in [3.05, 3.63) is 35.8 Å². The highest BCUT2D eigenvalue weighted by molar-refractivity contribution is 7.98. The zero-order valence-electron chi connectivity index (χ0n) is 10.1. The molecule has 2 heterocycles. The molecule has 2 N–H and O–H groups in total. The van der Waals surface area contributed by atoms with Crippen molar-refractivity contribution in [2.75, 3.05) is 5.73 Å². The van der Waals surface area contributed by atoms with Crippen LogP contribution in [0, 0.1) is 0 Å². The Morgan fingerprint density at radius 3 is 2.94 bits per heavy atom. The van der Waals surface area contributed by atoms with E-state index in [-0.39, 0.29) is 0 Å². The van der Waals surface area contributed by atoms with Gasteiger partial charge in [-0.15, -0.1) is 0 Å². The van der Waals surface area contributed by atoms with Crippen LogP contribution in [-0.2, 0) is 19.2 Å². The lowest BCUT2D eigenvalue weighted by Crippen LogP contribution is -1.97. The molecule has 17 heavy (non-hydrogen) atoms. The van der Waals surface area contributed by atoms with Gasteiger partial charge in [0.1, 0.15) is 5.03 Å². The van der Waals surface area contributed by atoms with Gasteiger partial charge in [0.25, 0.3) is 0 Å². The van der Waals surface area contributed by atoms with Gasteiger partial charge < -0.3 is 5.73 Å². The molecule has 0 unspecified atom stereocenters. The molecule has 0 aliphatic rings. The zero-order valence-corrected chi connectivity index (χ0v) is 10.9. The highest BCUT2D eigenvalue weighted by atomic mass is 32.2. The molecule has 5 heteroatoms. The fourth-order valence-corrected chi connectivity index (χ4v) is 2.47. The van der Waals surface area contributed by atoms with Crippen molar-refractivity contribution in [3.63, 3.8) is 0 Å². The van der Waals surface area contributed by atoms with E-state index in [4.69, 9.17) is 5.73 Å². The average molecular weight is 248 g/mol. The summed E-state index contributed by atoms with van der Waals surface area (Å²) >= 11 is 1.64. The second-order valence-electron chi connectivity index (χ2n) is 3.79. The normalized spacial score (nSPS) is 10.7. The number of pyridine rings is 1. The van der Waals surface area contributed by atoms with Gasteiger partial charge in [-0.25, -0.2) is 4.98 Å². The number of nitrogens with two attached hydrogens (primary N) is 1. The Balaban J connectivity index is 2.07. The second kappa shape index (κ2) is 5.23. The first kappa shape index (κ1) is 12.0. The van der Waals surface area contributed by atoms with Gasteiger partial charge in [0, 0.05) is 24.7 Å². The van der Waals surface area contributed by atoms with Crippen LogP contribution in [0.4, 0.5) is 5.69 Å². The van der Waals surface area contributed by atoms with Crippen LogP contribution in [0.15, 0.2) is 29.4 Å². The van der Waals surface area contributed by atoms with Crippen LogP contribution < -0.4 is 5.73 Å². The van der Waals surface area contributed by atoms with Gasteiger partial charge in [-0.3, -0.25) is 4.68 Å². The van der Waals surface area contributed by atoms with Gasteiger partial charge in [0.05, 0.1) is 11.4 Å². The molecule has 0 fully saturated rings. The number of rotatable bonds is 4. The van der Waals surface area contributed by atoms with Gasteiger partial charge in [-0.1, -0.05) is 18.7 Å². The molecule has 0 aliphatic carbocycles. The molecule has 0 amide bonds. The Bertz CT molecular complexity index is 507. The lowest BCUT2D eigenvalue weighted by atomic mass is 10.3. The molecule has 0 spiro atoms. The molecule has 4 nitrogen and oxygen atoms in total. The quantitative estimate of drug-likeness (QED) is 0.843. The zero-order chi connectivity index (χ0) is 12.3. The summed E-state index contributed by atoms with van der Waals surface area (Å²) < 4.78 is 1.92. The first-order valence-corrected chi connectivity index (χ1v) is 6.54. The van der Waals surface area contributed by atoms with Gasteiger partial charge >= 0.3 is 0 Å². The molecule has 0 aromatic carbocycles. The van der Waals surface area contributed by atoms with E-state index in [2.05, 4.69) is 23.1 Å². The molecule has 0 atom stereocenters. The maximum Gasteiger partial charge on any atom is 0.119 e. The topological polar surface area (TPSA) is 56.7 Å². The van der Waals surface area contributed by atoms with Crippen LogP contribution in [0.2, 0.25) is 0 Å². The van der Waals surface area contributed by atoms with Crippen LogP contribution in [-0.4, -0.2) is 14.8 Å². The molecule has 0 saturated heterocycles. The molecule has 0 bridgehead atoms. The number of hydrogen-bond acceptors (Lipinski definition) is 4. The maximum atomic E-state index is 5.85. The van der Waals surface area contributed by atoms with E-state index in [1.54, 1.807) is 18.0 Å². The van der Waals surface area contributed by atoms with Crippen LogP contribution >= 0.6 is 11.8 Å². The van der Waals surface area contributed by atoms with E-state index >= 15 is 0 Å². The number of aryl methyl sites for hydroxylation is 2. The minimum absolute atomic E-state index is 0.732. The standard InChI is InChI=1S/C12H16N4S/c1-3-9-7-10(16(2)15-9)8-17-12-11(13)5-4-6-14-12/h4-7H,3,8,13H2,1-2H3. The Morgan fingerprint density at radius 2 is 2.29 bits per heavy atom. The van der Waals surface area contributed by atoms with Crippen molar-refractivity contribution < 1.29 is 0 Å². The smallest absolute Gasteiger partial charge is 0.119 e. The van der Waals surface area contributed by atoms with Crippen molar-refractivity contribution in [2.45, 2.75) is 24.1 Å². The fraction of sp³-hybridized carbons (Fsp3) is 0.333. The van der Waals surface area contributed by atoms with Crippen LogP contribution in [0.3, 0.4) is 0 Å². The summed E-state index contributed by atoms with van der Waals surface area (Å²) in [6, 6.07) is 5.85. The predicted molar refractivity (Wildman–Crippen MR) is 70.8 cm³/mol. The first-order chi connectivity index (χ1) is 8.20. The third kappa shape index (κ3) is 2.79. The molecule has 2 aromatic rings. The number of hydrogen-bond donors (Lipinski definition) is 1. The summed E-state index contributed by atoms with van der Waals surface area (Å²) in [4.78, 5) is 4.26. The van der Waals surface area contributed by atoms with E-state index in [0.717, 1.165) is 28.6 Å². The van der Waals surface area contributed by atoms with E-state index in [0.29, 0.717) is 0 Å². The minimum Gasteiger partial charge on any atom is -0.397 e. The van der Waals surface area contributed by atoms with E-state index in [1.807, 2.05) is 23.9 Å². The molecule has 0 radical (unpaired) electrons. The number of anilines is 1. The van der Waals surface area contributed by atoms with Crippen molar-refractivity contribution in [2.24, 2.45) is 7.05 Å². The fourth-order valence-electron chi connectivity index (χ4n) is 1.55. The lowest BCUT2D eigenvalue weighted by Gasteiger charge is -2.03. The largest absolute Gasteiger partial charge is 0.397 e. The van der Waals surface area contributed by atoms with Crippen molar-refractivity contribution >= 4 is 17.4 Å². The minimum atomic E-state index is 0.732. The van der Waals surface area contributed by atoms with Gasteiger partial charge in [-0.2, -0.15) is 5.10 Å². The number of nitrogens with zero attached hydrogens (tertiary/aromatic N) is 3. The molecular weight excluding hydrogens is 232 g/mol. The average Bonchev–Trinajstić information content (AvgIpc) is 2.69. The molecule has 90 valence electrons. The third-order valence-electron chi connectivity index (χ3n) is 2.55. The lowest BCUT2D eigenvalue weighted by molar-refractivity contribution is 0.720. The maximum absolute atomic E-state index is 5.85. The van der Waals surface area contributed by atoms with Crippen LogP contribution in [0.25, 0.3) is 0 Å². The number of aromatic nitrogens is 3. The SMILES string of the molecule is CCc1cc(CSc2ncccc2N)n(C)n1. The first-order valence-electron chi connectivity index (χ1n) is 5.55. The molecular formula is C12H16N4S. The van der Waals surface area contributed by atoms with Gasteiger partial charge in [0.15, 0.2) is 0 Å². The monoisotopic (exact) mass is 248 g/mol. The summed E-state index contributed by atoms with van der Waals surface area (Å²) in [6.07, 6.45) is 2.73. The molecule has 0 aliphatic heterocycles. The summed E-state index contributed by atoms with van der Waals surface area (Å²) in [7, 11) is 1.97. The third-order valence-corrected chi connectivity index (χ3v) is 3.60. The Kier molecular flexibility index (Phi) is 3.68. The summed E-state index contributed by atoms with van der Waals surface area (Å²) in [5.74, 6) is 0.838. The number of thioether (sulfide) groups is 1. The Labute approximate surface area is 105 Å². The van der Waals surface area contributed by atoms with Gasteiger partial charge in [0.2, 0.25) is 0 Å². The predicted octanol–water partition coefficient (Wildman–Crippen LogP) is 2.25. The van der Waals surface area contributed by atoms with Crippen molar-refractivity contribution in [1.82, 2.24) is 14.8 Å². The van der Waals surface area contributed by atoms with Gasteiger partial charge in [-0.05, 0) is 24.6 Å². The van der Waals surface area contributed by atoms with Crippen LogP contribution in [0.5, 0.6) is 0 Å². The van der Waals surface area contributed by atoms with Crippen molar-refractivity contribution in [1.29, 1.82) is 0 Å². The Hall–Kier alpha value is -1.49. The summed E-state index contributed by atoms with van der Waals surface area (Å²) in [5, 5.41) is 5.30. The van der Waals surface area contributed by atoms with E-state index < -0.39 is 0 Å². The molecule has 2 rings (SSSR count). The van der Waals surface area contributed by atoms with E-state index in [1.165, 1.54) is 5.69 Å². The molecule has 0 saturated carbocycles. The Morgan fingerprint density at radius 1 is 1.47 bits per heavy atom. The summed E-state index contributed by atoms with van der Waals surface area (Å²) in [6.45, 7) is 2.11. The number of nitrogen functional groups attached to an aromatic ring is 1. The highest BCUT2D eigenvalue weighted by Gasteiger charge is 2.06. The second-order valence-corrected chi connectivity index (χ2v) is 4.75. The van der Waals surface area contributed by atoms with Crippen molar-refractivity contribution in [3.8, 4) is 0 Å². The highest BCUT2D eigenvalue weighted by Crippen LogP contribution is 2.25.